The van der Waals surface area contributed by atoms with Gasteiger partial charge in [-0.15, -0.1) is 0 Å². The maximum Gasteiger partial charge on any atom is 0.136 e. The van der Waals surface area contributed by atoms with Gasteiger partial charge in [-0.1, -0.05) is 147 Å². The van der Waals surface area contributed by atoms with Gasteiger partial charge in [-0.25, -0.2) is 0 Å². The maximum absolute atomic E-state index is 6.32. The fourth-order valence-electron chi connectivity index (χ4n) is 13.5. The van der Waals surface area contributed by atoms with Gasteiger partial charge < -0.3 is 9.32 Å². The van der Waals surface area contributed by atoms with E-state index in [1.165, 1.54) is 71.2 Å². The summed E-state index contributed by atoms with van der Waals surface area (Å²) in [6, 6.07) is 70.2. The third-order valence-electron chi connectivity index (χ3n) is 16.1. The molecule has 1 aromatic heterocycles. The van der Waals surface area contributed by atoms with Crippen LogP contribution in [-0.2, 0) is 10.8 Å². The monoisotopic (exact) mass is 813 g/mol. The second-order valence-corrected chi connectivity index (χ2v) is 19.8. The molecule has 1 heterocycles. The zero-order valence-corrected chi connectivity index (χ0v) is 36.1. The fraction of sp³-hybridized carbons (Fsp3) is 0.213. The predicted molar refractivity (Wildman–Crippen MR) is 261 cm³/mol. The van der Waals surface area contributed by atoms with Gasteiger partial charge in [-0.2, -0.15) is 0 Å². The van der Waals surface area contributed by atoms with Crippen molar-refractivity contribution in [2.24, 2.45) is 23.7 Å². The first kappa shape index (κ1) is 37.0. The van der Waals surface area contributed by atoms with E-state index < -0.39 is 0 Å². The van der Waals surface area contributed by atoms with Gasteiger partial charge in [0.1, 0.15) is 11.2 Å². The van der Waals surface area contributed by atoms with Gasteiger partial charge in [0.05, 0.1) is 0 Å². The quantitative estimate of drug-likeness (QED) is 0.166. The summed E-state index contributed by atoms with van der Waals surface area (Å²) < 4.78 is 6.32. The van der Waals surface area contributed by atoms with Crippen molar-refractivity contribution in [3.8, 4) is 33.4 Å². The van der Waals surface area contributed by atoms with E-state index in [0.717, 1.165) is 50.7 Å². The van der Waals surface area contributed by atoms with E-state index >= 15 is 0 Å². The van der Waals surface area contributed by atoms with Crippen molar-refractivity contribution in [3.05, 3.63) is 210 Å². The summed E-state index contributed by atoms with van der Waals surface area (Å²) in [7, 11) is 0. The normalized spacial score (nSPS) is 22.6. The van der Waals surface area contributed by atoms with Gasteiger partial charge in [-0.05, 0) is 166 Å². The Labute approximate surface area is 370 Å². The van der Waals surface area contributed by atoms with E-state index in [9.17, 15) is 0 Å². The Kier molecular flexibility index (Phi) is 8.17. The molecule has 4 saturated carbocycles. The van der Waals surface area contributed by atoms with Crippen molar-refractivity contribution < 1.29 is 4.42 Å². The summed E-state index contributed by atoms with van der Waals surface area (Å²) in [6.07, 6.45) is 6.91. The number of furan rings is 1. The van der Waals surface area contributed by atoms with Crippen molar-refractivity contribution >= 4 is 39.0 Å². The number of rotatable bonds is 6. The van der Waals surface area contributed by atoms with Crippen LogP contribution in [0.4, 0.5) is 17.1 Å². The van der Waals surface area contributed by atoms with E-state index in [-0.39, 0.29) is 10.8 Å². The minimum atomic E-state index is -0.0878. The molecule has 14 rings (SSSR count). The zero-order valence-electron chi connectivity index (χ0n) is 36.1. The second kappa shape index (κ2) is 13.9. The topological polar surface area (TPSA) is 16.4 Å². The molecule has 0 radical (unpaired) electrons. The van der Waals surface area contributed by atoms with Gasteiger partial charge in [0, 0.05) is 38.7 Å². The highest BCUT2D eigenvalue weighted by atomic mass is 16.3. The summed E-state index contributed by atoms with van der Waals surface area (Å²) >= 11 is 0. The van der Waals surface area contributed by atoms with Gasteiger partial charge in [0.2, 0.25) is 0 Å². The first-order valence-electron chi connectivity index (χ1n) is 23.2. The van der Waals surface area contributed by atoms with Crippen LogP contribution in [0, 0.1) is 23.7 Å². The average Bonchev–Trinajstić information content (AvgIpc) is 3.70. The van der Waals surface area contributed by atoms with Crippen molar-refractivity contribution in [1.29, 1.82) is 0 Å². The van der Waals surface area contributed by atoms with E-state index in [1.807, 2.05) is 6.07 Å². The highest BCUT2D eigenvalue weighted by Crippen LogP contribution is 2.69. The third-order valence-corrected chi connectivity index (χ3v) is 16.1. The van der Waals surface area contributed by atoms with Crippen LogP contribution in [0.15, 0.2) is 192 Å². The molecule has 4 bridgehead atoms. The van der Waals surface area contributed by atoms with E-state index in [1.54, 1.807) is 16.7 Å². The molecule has 0 unspecified atom stereocenters. The summed E-state index contributed by atoms with van der Waals surface area (Å²) in [5.74, 6) is 3.15. The Balaban J connectivity index is 0.937. The van der Waals surface area contributed by atoms with Gasteiger partial charge in [-0.3, -0.25) is 0 Å². The van der Waals surface area contributed by atoms with Crippen LogP contribution in [0.3, 0.4) is 0 Å². The number of benzene rings is 8. The minimum absolute atomic E-state index is 0.0471. The summed E-state index contributed by atoms with van der Waals surface area (Å²) in [6.45, 7) is 4.94. The lowest BCUT2D eigenvalue weighted by molar-refractivity contribution is -0.0443. The number of anilines is 3. The predicted octanol–water partition coefficient (Wildman–Crippen LogP) is 16.4. The maximum atomic E-state index is 6.32. The minimum Gasteiger partial charge on any atom is -0.456 e. The van der Waals surface area contributed by atoms with Crippen LogP contribution in [0.25, 0.3) is 55.3 Å². The fourth-order valence-corrected chi connectivity index (χ4v) is 13.5. The van der Waals surface area contributed by atoms with Crippen LogP contribution in [0.5, 0.6) is 0 Å². The number of hydrogen-bond donors (Lipinski definition) is 0. The van der Waals surface area contributed by atoms with Crippen LogP contribution < -0.4 is 4.90 Å². The molecule has 5 aliphatic rings. The average molecular weight is 814 g/mol. The number of hydrogen-bond acceptors (Lipinski definition) is 2. The molecule has 8 aromatic carbocycles. The smallest absolute Gasteiger partial charge is 0.136 e. The van der Waals surface area contributed by atoms with Gasteiger partial charge >= 0.3 is 0 Å². The molecule has 9 aromatic rings. The molecule has 5 aliphatic carbocycles. The molecule has 2 heteroatoms. The lowest BCUT2D eigenvalue weighted by Crippen LogP contribution is -2.58. The first-order chi connectivity index (χ1) is 30.9. The molecular weight excluding hydrogens is 763 g/mol. The van der Waals surface area contributed by atoms with Crippen LogP contribution >= 0.6 is 0 Å². The Bertz CT molecular complexity index is 3160. The van der Waals surface area contributed by atoms with Gasteiger partial charge in [0.15, 0.2) is 0 Å². The molecule has 0 N–H and O–H groups in total. The molecule has 2 nitrogen and oxygen atoms in total. The lowest BCUT2D eigenvalue weighted by Gasteiger charge is -2.64. The molecule has 4 fully saturated rings. The van der Waals surface area contributed by atoms with E-state index in [0.29, 0.717) is 11.8 Å². The zero-order chi connectivity index (χ0) is 41.9. The Hall–Kier alpha value is -6.64. The summed E-state index contributed by atoms with van der Waals surface area (Å²) in [5.41, 5.74) is 18.9. The molecular formula is C61H51NO. The van der Waals surface area contributed by atoms with Crippen LogP contribution in [0.2, 0.25) is 0 Å². The number of nitrogens with zero attached hydrogens (tertiary/aromatic N) is 1. The van der Waals surface area contributed by atoms with Crippen LogP contribution in [0.1, 0.15) is 68.2 Å². The lowest BCUT2D eigenvalue weighted by atomic mass is 9.39. The largest absolute Gasteiger partial charge is 0.456 e. The summed E-state index contributed by atoms with van der Waals surface area (Å²) in [4.78, 5) is 2.51. The molecule has 0 atom stereocenters. The molecule has 1 spiro atoms. The van der Waals surface area contributed by atoms with Gasteiger partial charge in [0.25, 0.3) is 0 Å². The Morgan fingerprint density at radius 2 is 0.857 bits per heavy atom. The molecule has 0 saturated heterocycles. The number of para-hydroxylation sites is 1. The standard InChI is InChI=1S/C61H51NO/c1-60(2)54-13-7-8-14-56(54)61(47-33-39-32-40(35-47)36-48(61)34-39)57-38-51(29-31-55(57)60)62(49-25-20-44(21-26-49)43-18-16-42(17-19-43)41-10-4-3-5-11-41)50-27-22-45(23-28-50)46-24-30-53-52-12-6-9-15-58(52)63-59(53)37-46/h3-31,37-40,47-48H,32-36H2,1-2H3. The van der Waals surface area contributed by atoms with E-state index in [4.69, 9.17) is 4.42 Å². The van der Waals surface area contributed by atoms with Crippen molar-refractivity contribution in [1.82, 2.24) is 0 Å². The van der Waals surface area contributed by atoms with E-state index in [2.05, 4.69) is 201 Å². The third kappa shape index (κ3) is 5.63. The highest BCUT2D eigenvalue weighted by Gasteiger charge is 2.62. The molecule has 306 valence electrons. The highest BCUT2D eigenvalue weighted by molar-refractivity contribution is 6.05. The summed E-state index contributed by atoms with van der Waals surface area (Å²) in [5, 5.41) is 2.32. The molecule has 0 amide bonds. The first-order valence-corrected chi connectivity index (χ1v) is 23.2. The molecule has 63 heavy (non-hydrogen) atoms. The van der Waals surface area contributed by atoms with Crippen LogP contribution in [-0.4, -0.2) is 0 Å². The Morgan fingerprint density at radius 1 is 0.381 bits per heavy atom. The molecule has 0 aliphatic heterocycles. The van der Waals surface area contributed by atoms with Crippen molar-refractivity contribution in [2.45, 2.75) is 56.8 Å². The number of fused-ring (bicyclic) bond motifs is 5. The SMILES string of the molecule is CC1(C)c2ccccc2C2(c3cc(N(c4ccc(-c5ccc(-c6ccccc6)cc5)cc4)c4ccc(-c5ccc6c(c5)oc5ccccc56)cc4)ccc31)C1CC3CC(C1)CC2C3. The Morgan fingerprint density at radius 3 is 1.51 bits per heavy atom. The second-order valence-electron chi connectivity index (χ2n) is 19.8. The van der Waals surface area contributed by atoms with Crippen molar-refractivity contribution in [3.63, 3.8) is 0 Å². The van der Waals surface area contributed by atoms with Crippen molar-refractivity contribution in [2.75, 3.05) is 4.90 Å².